The van der Waals surface area contributed by atoms with Gasteiger partial charge >= 0.3 is 6.03 Å². The number of sulfonamides is 1. The Labute approximate surface area is 188 Å². The van der Waals surface area contributed by atoms with Crippen LogP contribution in [0.25, 0.3) is 0 Å². The highest BCUT2D eigenvalue weighted by atomic mass is 32.2. The van der Waals surface area contributed by atoms with E-state index in [-0.39, 0.29) is 12.6 Å². The lowest BCUT2D eigenvalue weighted by Crippen LogP contribution is -2.50. The molecule has 1 atom stereocenters. The molecule has 2 fully saturated rings. The molecule has 32 heavy (non-hydrogen) atoms. The highest BCUT2D eigenvalue weighted by Gasteiger charge is 2.57. The summed E-state index contributed by atoms with van der Waals surface area (Å²) in [4.78, 5) is 17.1. The van der Waals surface area contributed by atoms with Gasteiger partial charge in [0.25, 0.3) is 0 Å². The summed E-state index contributed by atoms with van der Waals surface area (Å²) in [5.74, 6) is 0.721. The van der Waals surface area contributed by atoms with E-state index in [0.717, 1.165) is 16.9 Å². The Morgan fingerprint density at radius 3 is 2.47 bits per heavy atom. The summed E-state index contributed by atoms with van der Waals surface area (Å²) in [7, 11) is -2.09. The Morgan fingerprint density at radius 2 is 1.75 bits per heavy atom. The number of benzene rings is 2. The first-order valence-corrected chi connectivity index (χ1v) is 12.3. The van der Waals surface area contributed by atoms with Crippen LogP contribution in [-0.2, 0) is 26.8 Å². The molecule has 5 rings (SSSR count). The van der Waals surface area contributed by atoms with Crippen molar-refractivity contribution in [2.45, 2.75) is 23.4 Å². The highest BCUT2D eigenvalue weighted by Crippen LogP contribution is 2.50. The van der Waals surface area contributed by atoms with Crippen LogP contribution in [0, 0.1) is 0 Å². The van der Waals surface area contributed by atoms with Crippen molar-refractivity contribution < 1.29 is 22.7 Å². The normalized spacial score (nSPS) is 24.7. The minimum atomic E-state index is -3.70. The maximum Gasteiger partial charge on any atom is 0.320 e. The summed E-state index contributed by atoms with van der Waals surface area (Å²) in [6.45, 7) is 3.28. The van der Waals surface area contributed by atoms with Gasteiger partial charge in [-0.05, 0) is 35.7 Å². The number of hydrogen-bond donors (Lipinski definition) is 0. The number of carbonyl (C=O) groups is 1. The van der Waals surface area contributed by atoms with Crippen LogP contribution in [0.1, 0.15) is 17.5 Å². The number of carbonyl (C=O) groups excluding carboxylic acids is 1. The van der Waals surface area contributed by atoms with Gasteiger partial charge in [0.1, 0.15) is 5.75 Å². The monoisotopic (exact) mass is 457 g/mol. The predicted octanol–water partition coefficient (Wildman–Crippen LogP) is 2.25. The Bertz CT molecular complexity index is 1110. The molecule has 3 aliphatic heterocycles. The van der Waals surface area contributed by atoms with Crippen molar-refractivity contribution in [3.8, 4) is 5.75 Å². The van der Waals surface area contributed by atoms with Gasteiger partial charge in [-0.2, -0.15) is 4.31 Å². The fraction of sp³-hybridized carbons (Fsp3) is 0.435. The Hall–Kier alpha value is -2.62. The third kappa shape index (κ3) is 3.35. The maximum absolute atomic E-state index is 13.6. The van der Waals surface area contributed by atoms with Gasteiger partial charge in [0, 0.05) is 32.7 Å². The van der Waals surface area contributed by atoms with E-state index in [1.807, 2.05) is 36.4 Å². The third-order valence-electron chi connectivity index (χ3n) is 6.72. The molecular weight excluding hydrogens is 430 g/mol. The summed E-state index contributed by atoms with van der Waals surface area (Å²) < 4.78 is 39.4. The number of amides is 2. The zero-order chi connectivity index (χ0) is 22.3. The van der Waals surface area contributed by atoms with Gasteiger partial charge in [0.05, 0.1) is 30.8 Å². The van der Waals surface area contributed by atoms with Crippen molar-refractivity contribution in [3.05, 3.63) is 59.7 Å². The van der Waals surface area contributed by atoms with E-state index in [2.05, 4.69) is 0 Å². The third-order valence-corrected chi connectivity index (χ3v) is 8.69. The van der Waals surface area contributed by atoms with E-state index in [4.69, 9.17) is 9.47 Å². The molecule has 0 unspecified atom stereocenters. The molecule has 0 saturated carbocycles. The first-order chi connectivity index (χ1) is 15.5. The van der Waals surface area contributed by atoms with Crippen LogP contribution in [0.4, 0.5) is 4.79 Å². The van der Waals surface area contributed by atoms with Crippen molar-refractivity contribution in [1.82, 2.24) is 14.1 Å². The molecule has 2 aromatic carbocycles. The molecular formula is C23H27N3O5S. The van der Waals surface area contributed by atoms with E-state index in [0.29, 0.717) is 50.7 Å². The number of morpholine rings is 1. The van der Waals surface area contributed by atoms with Crippen LogP contribution in [0.15, 0.2) is 53.4 Å². The molecule has 2 amide bonds. The van der Waals surface area contributed by atoms with E-state index in [1.54, 1.807) is 33.3 Å². The van der Waals surface area contributed by atoms with E-state index >= 15 is 0 Å². The van der Waals surface area contributed by atoms with Gasteiger partial charge in [-0.3, -0.25) is 0 Å². The largest absolute Gasteiger partial charge is 0.497 e. The smallest absolute Gasteiger partial charge is 0.320 e. The number of ether oxygens (including phenoxy) is 2. The van der Waals surface area contributed by atoms with Crippen LogP contribution in [0.2, 0.25) is 0 Å². The minimum Gasteiger partial charge on any atom is -0.497 e. The molecule has 170 valence electrons. The average molecular weight is 458 g/mol. The molecule has 2 aromatic rings. The topological polar surface area (TPSA) is 79.4 Å². The molecule has 0 bridgehead atoms. The van der Waals surface area contributed by atoms with Gasteiger partial charge < -0.3 is 19.3 Å². The van der Waals surface area contributed by atoms with Crippen molar-refractivity contribution >= 4 is 16.1 Å². The molecule has 3 aliphatic rings. The quantitative estimate of drug-likeness (QED) is 0.707. The minimum absolute atomic E-state index is 0.0450. The Balaban J connectivity index is 1.49. The lowest BCUT2D eigenvalue weighted by Gasteiger charge is -2.35. The summed E-state index contributed by atoms with van der Waals surface area (Å²) in [6, 6.07) is 14.6. The van der Waals surface area contributed by atoms with Crippen LogP contribution >= 0.6 is 0 Å². The zero-order valence-electron chi connectivity index (χ0n) is 18.1. The number of urea groups is 1. The fourth-order valence-corrected chi connectivity index (χ4v) is 7.08. The van der Waals surface area contributed by atoms with Crippen LogP contribution in [0.5, 0.6) is 5.75 Å². The standard InChI is InChI=1S/C23H27N3O5S/c1-30-19-8-6-18(7-9-19)16-26-23(20-4-2-3-5-21(20)32(26,28)29)10-11-25(17-23)22(27)24-12-14-31-15-13-24/h2-9H,10-17H2,1H3/t23-/m0/s1. The molecule has 3 heterocycles. The van der Waals surface area contributed by atoms with Gasteiger partial charge in [-0.1, -0.05) is 30.3 Å². The fourth-order valence-electron chi connectivity index (χ4n) is 5.03. The van der Waals surface area contributed by atoms with Crippen molar-refractivity contribution in [3.63, 3.8) is 0 Å². The number of fused-ring (bicyclic) bond motifs is 2. The highest BCUT2D eigenvalue weighted by molar-refractivity contribution is 7.89. The second-order valence-corrected chi connectivity index (χ2v) is 10.3. The van der Waals surface area contributed by atoms with E-state index in [1.165, 1.54) is 0 Å². The molecule has 0 aliphatic carbocycles. The maximum atomic E-state index is 13.6. The Kier molecular flexibility index (Phi) is 5.35. The molecule has 0 N–H and O–H groups in total. The van der Waals surface area contributed by atoms with Gasteiger partial charge in [0.2, 0.25) is 10.0 Å². The van der Waals surface area contributed by atoms with Gasteiger partial charge in [-0.25, -0.2) is 13.2 Å². The van der Waals surface area contributed by atoms with Gasteiger partial charge in [0.15, 0.2) is 0 Å². The van der Waals surface area contributed by atoms with Crippen LogP contribution in [0.3, 0.4) is 0 Å². The number of hydrogen-bond acceptors (Lipinski definition) is 5. The molecule has 2 saturated heterocycles. The lowest BCUT2D eigenvalue weighted by atomic mass is 9.88. The number of rotatable bonds is 3. The summed E-state index contributed by atoms with van der Waals surface area (Å²) in [6.07, 6.45) is 0.565. The van der Waals surface area contributed by atoms with Crippen molar-refractivity contribution in [2.24, 2.45) is 0 Å². The average Bonchev–Trinajstić information content (AvgIpc) is 3.35. The van der Waals surface area contributed by atoms with Crippen LogP contribution in [-0.4, -0.2) is 75.1 Å². The molecule has 1 spiro atoms. The second kappa shape index (κ2) is 8.06. The zero-order valence-corrected chi connectivity index (χ0v) is 18.9. The molecule has 0 aromatic heterocycles. The molecule has 8 nitrogen and oxygen atoms in total. The summed E-state index contributed by atoms with van der Waals surface area (Å²) >= 11 is 0. The van der Waals surface area contributed by atoms with E-state index < -0.39 is 15.6 Å². The predicted molar refractivity (Wildman–Crippen MR) is 118 cm³/mol. The van der Waals surface area contributed by atoms with Gasteiger partial charge in [-0.15, -0.1) is 0 Å². The second-order valence-electron chi connectivity index (χ2n) is 8.44. The molecule has 9 heteroatoms. The SMILES string of the molecule is COc1ccc(CN2[C@]3(CCN(C(=O)N4CCOCC4)C3)c3ccccc3S2(=O)=O)cc1. The van der Waals surface area contributed by atoms with E-state index in [9.17, 15) is 13.2 Å². The van der Waals surface area contributed by atoms with Crippen molar-refractivity contribution in [2.75, 3.05) is 46.5 Å². The molecule has 0 radical (unpaired) electrons. The number of methoxy groups -OCH3 is 1. The first kappa shape index (κ1) is 21.2. The number of likely N-dealkylation sites (tertiary alicyclic amines) is 1. The summed E-state index contributed by atoms with van der Waals surface area (Å²) in [5.41, 5.74) is 0.891. The summed E-state index contributed by atoms with van der Waals surface area (Å²) in [5, 5.41) is 0. The van der Waals surface area contributed by atoms with Crippen molar-refractivity contribution in [1.29, 1.82) is 0 Å². The Morgan fingerprint density at radius 1 is 1.03 bits per heavy atom. The first-order valence-electron chi connectivity index (χ1n) is 10.8. The van der Waals surface area contributed by atoms with Crippen LogP contribution < -0.4 is 4.74 Å². The lowest BCUT2D eigenvalue weighted by molar-refractivity contribution is 0.0439. The number of nitrogens with zero attached hydrogens (tertiary/aromatic N) is 3.